The molecule has 2 rings (SSSR count). The maximum absolute atomic E-state index is 12.1. The number of benzene rings is 2. The third-order valence-electron chi connectivity index (χ3n) is 3.27. The molecule has 0 heterocycles. The van der Waals surface area contributed by atoms with E-state index in [-0.39, 0.29) is 18.4 Å². The molecule has 2 N–H and O–H groups in total. The van der Waals surface area contributed by atoms with Crippen molar-refractivity contribution in [3.63, 3.8) is 0 Å². The van der Waals surface area contributed by atoms with Crippen molar-refractivity contribution in [2.75, 3.05) is 19.0 Å². The molecule has 2 aromatic rings. The lowest BCUT2D eigenvalue weighted by Gasteiger charge is -2.12. The molecule has 0 saturated carbocycles. The number of sulfone groups is 1. The standard InChI is InChI=1S/C17H21NO3S/c18-16(13-15-7-3-1-4-8-15)14-21-11-12-22(19,20)17-9-5-2-6-10-17/h1-10,16H,11-14,18H2/t16-/m0/s1. The van der Waals surface area contributed by atoms with Gasteiger partial charge in [0.05, 0.1) is 23.9 Å². The third-order valence-corrected chi connectivity index (χ3v) is 4.97. The number of nitrogens with two attached hydrogens (primary N) is 1. The molecule has 0 aliphatic rings. The summed E-state index contributed by atoms with van der Waals surface area (Å²) in [6, 6.07) is 18.2. The van der Waals surface area contributed by atoms with Crippen LogP contribution in [-0.2, 0) is 21.0 Å². The van der Waals surface area contributed by atoms with Crippen LogP contribution >= 0.6 is 0 Å². The van der Waals surface area contributed by atoms with Gasteiger partial charge in [0.2, 0.25) is 0 Å². The normalized spacial score (nSPS) is 13.0. The number of hydrogen-bond donors (Lipinski definition) is 1. The van der Waals surface area contributed by atoms with Crippen LogP contribution < -0.4 is 5.73 Å². The molecule has 22 heavy (non-hydrogen) atoms. The molecule has 5 heteroatoms. The molecule has 0 unspecified atom stereocenters. The van der Waals surface area contributed by atoms with Crippen molar-refractivity contribution < 1.29 is 13.2 Å². The van der Waals surface area contributed by atoms with Crippen LogP contribution in [0.15, 0.2) is 65.6 Å². The van der Waals surface area contributed by atoms with E-state index in [0.717, 1.165) is 5.56 Å². The van der Waals surface area contributed by atoms with Gasteiger partial charge in [-0.15, -0.1) is 0 Å². The Morgan fingerprint density at radius 2 is 1.55 bits per heavy atom. The minimum atomic E-state index is -3.28. The molecule has 0 aliphatic heterocycles. The highest BCUT2D eigenvalue weighted by Gasteiger charge is 2.13. The van der Waals surface area contributed by atoms with Crippen LogP contribution in [0.1, 0.15) is 5.56 Å². The zero-order valence-electron chi connectivity index (χ0n) is 12.4. The summed E-state index contributed by atoms with van der Waals surface area (Å²) in [7, 11) is -3.28. The van der Waals surface area contributed by atoms with Crippen LogP contribution in [0.4, 0.5) is 0 Å². The van der Waals surface area contributed by atoms with E-state index < -0.39 is 9.84 Å². The van der Waals surface area contributed by atoms with Gasteiger partial charge in [-0.3, -0.25) is 0 Å². The van der Waals surface area contributed by atoms with E-state index in [1.807, 2.05) is 30.3 Å². The predicted molar refractivity (Wildman–Crippen MR) is 87.4 cm³/mol. The van der Waals surface area contributed by atoms with Gasteiger partial charge in [-0.2, -0.15) is 0 Å². The molecule has 2 aromatic carbocycles. The fourth-order valence-corrected chi connectivity index (χ4v) is 3.27. The van der Waals surface area contributed by atoms with E-state index in [0.29, 0.717) is 17.9 Å². The van der Waals surface area contributed by atoms with Crippen LogP contribution in [0.5, 0.6) is 0 Å². The highest BCUT2D eigenvalue weighted by atomic mass is 32.2. The first-order valence-electron chi connectivity index (χ1n) is 7.23. The Bertz CT molecular complexity index is 657. The maximum Gasteiger partial charge on any atom is 0.180 e. The van der Waals surface area contributed by atoms with E-state index in [9.17, 15) is 8.42 Å². The van der Waals surface area contributed by atoms with Crippen molar-refractivity contribution in [2.24, 2.45) is 5.73 Å². The molecule has 0 spiro atoms. The van der Waals surface area contributed by atoms with Crippen molar-refractivity contribution >= 4 is 9.84 Å². The van der Waals surface area contributed by atoms with E-state index in [4.69, 9.17) is 10.5 Å². The molecule has 0 aromatic heterocycles. The summed E-state index contributed by atoms with van der Waals surface area (Å²) in [5.41, 5.74) is 7.14. The van der Waals surface area contributed by atoms with E-state index >= 15 is 0 Å². The lowest BCUT2D eigenvalue weighted by Crippen LogP contribution is -2.29. The molecular formula is C17H21NO3S. The second-order valence-electron chi connectivity index (χ2n) is 5.16. The molecule has 4 nitrogen and oxygen atoms in total. The van der Waals surface area contributed by atoms with Crippen LogP contribution in [0.25, 0.3) is 0 Å². The number of hydrogen-bond acceptors (Lipinski definition) is 4. The summed E-state index contributed by atoms with van der Waals surface area (Å²) in [4.78, 5) is 0.326. The van der Waals surface area contributed by atoms with Gasteiger partial charge in [-0.1, -0.05) is 48.5 Å². The van der Waals surface area contributed by atoms with Crippen LogP contribution in [0.3, 0.4) is 0 Å². The Kier molecular flexibility index (Phi) is 6.12. The molecule has 118 valence electrons. The highest BCUT2D eigenvalue weighted by Crippen LogP contribution is 2.10. The monoisotopic (exact) mass is 319 g/mol. The van der Waals surface area contributed by atoms with Crippen molar-refractivity contribution in [1.82, 2.24) is 0 Å². The molecule has 0 saturated heterocycles. The average molecular weight is 319 g/mol. The van der Waals surface area contributed by atoms with Crippen LogP contribution in [-0.4, -0.2) is 33.4 Å². The SMILES string of the molecule is N[C@H](COCCS(=O)(=O)c1ccccc1)Cc1ccccc1. The Morgan fingerprint density at radius 1 is 0.955 bits per heavy atom. The molecule has 1 atom stereocenters. The number of ether oxygens (including phenoxy) is 1. The largest absolute Gasteiger partial charge is 0.379 e. The summed E-state index contributed by atoms with van der Waals surface area (Å²) in [6.07, 6.45) is 0.715. The van der Waals surface area contributed by atoms with Gasteiger partial charge in [0.25, 0.3) is 0 Å². The maximum atomic E-state index is 12.1. The van der Waals surface area contributed by atoms with Crippen molar-refractivity contribution in [1.29, 1.82) is 0 Å². The van der Waals surface area contributed by atoms with Gasteiger partial charge in [0.1, 0.15) is 0 Å². The minimum absolute atomic E-state index is 0.0327. The first kappa shape index (κ1) is 16.7. The summed E-state index contributed by atoms with van der Waals surface area (Å²) in [5.74, 6) is -0.0327. The molecular weight excluding hydrogens is 298 g/mol. The summed E-state index contributed by atoms with van der Waals surface area (Å²) in [6.45, 7) is 0.499. The molecule has 0 aliphatic carbocycles. The van der Waals surface area contributed by atoms with Crippen molar-refractivity contribution in [2.45, 2.75) is 17.4 Å². The second-order valence-corrected chi connectivity index (χ2v) is 7.27. The fraction of sp³-hybridized carbons (Fsp3) is 0.294. The van der Waals surface area contributed by atoms with Gasteiger partial charge >= 0.3 is 0 Å². The fourth-order valence-electron chi connectivity index (χ4n) is 2.12. The van der Waals surface area contributed by atoms with Gasteiger partial charge in [0, 0.05) is 6.04 Å². The van der Waals surface area contributed by atoms with Gasteiger partial charge < -0.3 is 10.5 Å². The Hall–Kier alpha value is -1.69. The first-order chi connectivity index (χ1) is 10.6. The topological polar surface area (TPSA) is 69.4 Å². The van der Waals surface area contributed by atoms with Gasteiger partial charge in [-0.25, -0.2) is 8.42 Å². The molecule has 0 radical (unpaired) electrons. The highest BCUT2D eigenvalue weighted by molar-refractivity contribution is 7.91. The Morgan fingerprint density at radius 3 is 2.18 bits per heavy atom. The lowest BCUT2D eigenvalue weighted by molar-refractivity contribution is 0.134. The Balaban J connectivity index is 1.73. The quantitative estimate of drug-likeness (QED) is 0.756. The molecule has 0 amide bonds. The molecule has 0 fully saturated rings. The zero-order chi connectivity index (χ0) is 15.8. The van der Waals surface area contributed by atoms with Gasteiger partial charge in [0.15, 0.2) is 9.84 Å². The summed E-state index contributed by atoms with van der Waals surface area (Å²) < 4.78 is 29.5. The van der Waals surface area contributed by atoms with Crippen LogP contribution in [0, 0.1) is 0 Å². The smallest absolute Gasteiger partial charge is 0.180 e. The number of rotatable bonds is 8. The lowest BCUT2D eigenvalue weighted by atomic mass is 10.1. The third kappa shape index (κ3) is 5.26. The zero-order valence-corrected chi connectivity index (χ0v) is 13.2. The van der Waals surface area contributed by atoms with Crippen molar-refractivity contribution in [3.8, 4) is 0 Å². The van der Waals surface area contributed by atoms with Crippen molar-refractivity contribution in [3.05, 3.63) is 66.2 Å². The average Bonchev–Trinajstić information content (AvgIpc) is 2.53. The summed E-state index contributed by atoms with van der Waals surface area (Å²) in [5, 5.41) is 0. The van der Waals surface area contributed by atoms with E-state index in [1.165, 1.54) is 0 Å². The molecule has 0 bridgehead atoms. The predicted octanol–water partition coefficient (Wildman–Crippen LogP) is 2.05. The van der Waals surface area contributed by atoms with E-state index in [1.54, 1.807) is 30.3 Å². The minimum Gasteiger partial charge on any atom is -0.379 e. The van der Waals surface area contributed by atoms with Gasteiger partial charge in [-0.05, 0) is 24.1 Å². The van der Waals surface area contributed by atoms with E-state index in [2.05, 4.69) is 0 Å². The van der Waals surface area contributed by atoms with Crippen LogP contribution in [0.2, 0.25) is 0 Å². The summed E-state index contributed by atoms with van der Waals surface area (Å²) >= 11 is 0. The first-order valence-corrected chi connectivity index (χ1v) is 8.88. The second kappa shape index (κ2) is 8.08. The Labute approximate surface area is 131 Å².